The molecule has 0 aliphatic carbocycles. The highest BCUT2D eigenvalue weighted by atomic mass is 32.2. The zero-order valence-corrected chi connectivity index (χ0v) is 16.0. The van der Waals surface area contributed by atoms with Crippen molar-refractivity contribution in [1.82, 2.24) is 0 Å². The molecule has 0 atom stereocenters. The lowest BCUT2D eigenvalue weighted by atomic mass is 10.0. The van der Waals surface area contributed by atoms with Crippen molar-refractivity contribution in [2.24, 2.45) is 0 Å². The SMILES string of the molecule is N#CSc1c(F)cc(-c2ccc(C#Cc3ccc(OC(F)(F)F)cc3)c(F)c2)cc1F. The standard InChI is InChI=1S/C22H9F6NOS/c23-18-9-15(16-10-19(24)21(31-12-29)20(25)11-16)6-5-14(18)4-1-13-2-7-17(8-3-13)30-22(26,27)28/h2-3,5-11H. The Morgan fingerprint density at radius 3 is 1.94 bits per heavy atom. The van der Waals surface area contributed by atoms with E-state index in [2.05, 4.69) is 16.6 Å². The molecular formula is C22H9F6NOS. The van der Waals surface area contributed by atoms with Crippen LogP contribution in [0.2, 0.25) is 0 Å². The van der Waals surface area contributed by atoms with E-state index in [9.17, 15) is 26.3 Å². The van der Waals surface area contributed by atoms with Gasteiger partial charge in [-0.3, -0.25) is 0 Å². The lowest BCUT2D eigenvalue weighted by Crippen LogP contribution is -2.16. The van der Waals surface area contributed by atoms with Crippen LogP contribution in [0.4, 0.5) is 26.3 Å². The Kier molecular flexibility index (Phi) is 6.47. The molecule has 0 saturated heterocycles. The van der Waals surface area contributed by atoms with Crippen LogP contribution in [0.25, 0.3) is 11.1 Å². The summed E-state index contributed by atoms with van der Waals surface area (Å²) in [6.07, 6.45) is -4.81. The van der Waals surface area contributed by atoms with Crippen molar-refractivity contribution in [3.05, 3.63) is 83.2 Å². The predicted octanol–water partition coefficient (Wildman–Crippen LogP) is 6.64. The van der Waals surface area contributed by atoms with Gasteiger partial charge in [0.05, 0.1) is 10.5 Å². The largest absolute Gasteiger partial charge is 0.573 e. The molecular weight excluding hydrogens is 440 g/mol. The fraction of sp³-hybridized carbons (Fsp3) is 0.0455. The van der Waals surface area contributed by atoms with Crippen LogP contribution in [0.3, 0.4) is 0 Å². The summed E-state index contributed by atoms with van der Waals surface area (Å²) in [6.45, 7) is 0. The molecule has 0 amide bonds. The van der Waals surface area contributed by atoms with Crippen LogP contribution in [0.15, 0.2) is 59.5 Å². The molecule has 0 fully saturated rings. The van der Waals surface area contributed by atoms with E-state index in [4.69, 9.17) is 5.26 Å². The highest BCUT2D eigenvalue weighted by Crippen LogP contribution is 2.30. The molecule has 0 saturated carbocycles. The van der Waals surface area contributed by atoms with Gasteiger partial charge in [-0.15, -0.1) is 13.2 Å². The summed E-state index contributed by atoms with van der Waals surface area (Å²) < 4.78 is 82.6. The summed E-state index contributed by atoms with van der Waals surface area (Å²) in [6, 6.07) is 10.5. The molecule has 0 aromatic heterocycles. The topological polar surface area (TPSA) is 33.0 Å². The first-order valence-corrected chi connectivity index (χ1v) is 9.20. The van der Waals surface area contributed by atoms with Crippen molar-refractivity contribution in [2.75, 3.05) is 0 Å². The molecule has 9 heteroatoms. The normalized spacial score (nSPS) is 10.7. The third kappa shape index (κ3) is 5.74. The Balaban J connectivity index is 1.82. The number of nitrogens with zero attached hydrogens (tertiary/aromatic N) is 1. The summed E-state index contributed by atoms with van der Waals surface area (Å²) in [7, 11) is 0. The lowest BCUT2D eigenvalue weighted by Gasteiger charge is -2.08. The van der Waals surface area contributed by atoms with Gasteiger partial charge in [-0.1, -0.05) is 17.9 Å². The Labute approximate surface area is 177 Å². The first kappa shape index (κ1) is 22.1. The van der Waals surface area contributed by atoms with Crippen LogP contribution in [0.5, 0.6) is 5.75 Å². The molecule has 0 aliphatic heterocycles. The number of ether oxygens (including phenoxy) is 1. The van der Waals surface area contributed by atoms with Crippen molar-refractivity contribution < 1.29 is 31.1 Å². The third-order valence-corrected chi connectivity index (χ3v) is 4.56. The zero-order valence-electron chi connectivity index (χ0n) is 15.2. The first-order chi connectivity index (χ1) is 14.7. The molecule has 0 radical (unpaired) electrons. The van der Waals surface area contributed by atoms with Gasteiger partial charge < -0.3 is 4.74 Å². The summed E-state index contributed by atoms with van der Waals surface area (Å²) in [4.78, 5) is -0.444. The number of hydrogen-bond donors (Lipinski definition) is 0. The van der Waals surface area contributed by atoms with E-state index in [1.807, 2.05) is 0 Å². The second-order valence-electron chi connectivity index (χ2n) is 5.98. The highest BCUT2D eigenvalue weighted by Gasteiger charge is 2.30. The Morgan fingerprint density at radius 2 is 1.39 bits per heavy atom. The van der Waals surface area contributed by atoms with Crippen LogP contribution < -0.4 is 4.74 Å². The fourth-order valence-corrected chi connectivity index (χ4v) is 2.95. The van der Waals surface area contributed by atoms with Crippen LogP contribution in [0.1, 0.15) is 11.1 Å². The van der Waals surface area contributed by atoms with Crippen LogP contribution in [0, 0.1) is 40.0 Å². The van der Waals surface area contributed by atoms with Gasteiger partial charge >= 0.3 is 6.36 Å². The monoisotopic (exact) mass is 449 g/mol. The quantitative estimate of drug-likeness (QED) is 0.194. The number of thiocyanates is 1. The van der Waals surface area contributed by atoms with Gasteiger partial charge in [-0.25, -0.2) is 13.2 Å². The molecule has 2 nitrogen and oxygen atoms in total. The molecule has 0 spiro atoms. The molecule has 0 bridgehead atoms. The fourth-order valence-electron chi connectivity index (χ4n) is 2.55. The van der Waals surface area contributed by atoms with Gasteiger partial charge in [-0.05, 0) is 71.4 Å². The molecule has 156 valence electrons. The van der Waals surface area contributed by atoms with Gasteiger partial charge in [0.15, 0.2) is 0 Å². The van der Waals surface area contributed by atoms with Crippen molar-refractivity contribution in [2.45, 2.75) is 11.3 Å². The van der Waals surface area contributed by atoms with Gasteiger partial charge in [0.1, 0.15) is 28.6 Å². The number of nitriles is 1. The summed E-state index contributed by atoms with van der Waals surface area (Å²) in [5.74, 6) is 2.12. The zero-order chi connectivity index (χ0) is 22.6. The van der Waals surface area contributed by atoms with E-state index >= 15 is 0 Å². The molecule has 0 N–H and O–H groups in total. The van der Waals surface area contributed by atoms with Crippen molar-refractivity contribution in [1.29, 1.82) is 5.26 Å². The molecule has 31 heavy (non-hydrogen) atoms. The van der Waals surface area contributed by atoms with Crippen molar-refractivity contribution >= 4 is 11.8 Å². The van der Waals surface area contributed by atoms with Gasteiger partial charge in [-0.2, -0.15) is 5.26 Å². The third-order valence-electron chi connectivity index (χ3n) is 3.88. The molecule has 3 aromatic carbocycles. The van der Waals surface area contributed by atoms with Crippen LogP contribution >= 0.6 is 11.8 Å². The van der Waals surface area contributed by atoms with E-state index in [1.54, 1.807) is 5.40 Å². The average Bonchev–Trinajstić information content (AvgIpc) is 2.69. The molecule has 3 rings (SSSR count). The van der Waals surface area contributed by atoms with Gasteiger partial charge in [0.25, 0.3) is 0 Å². The number of thioether (sulfide) groups is 1. The minimum absolute atomic E-state index is 0.0167. The smallest absolute Gasteiger partial charge is 0.406 e. The number of halogens is 6. The van der Waals surface area contributed by atoms with E-state index in [1.165, 1.54) is 24.3 Å². The Morgan fingerprint density at radius 1 is 0.774 bits per heavy atom. The molecule has 0 heterocycles. The summed E-state index contributed by atoms with van der Waals surface area (Å²) in [5.41, 5.74) is 0.587. The van der Waals surface area contributed by atoms with E-state index < -0.39 is 34.5 Å². The van der Waals surface area contributed by atoms with E-state index in [0.717, 1.165) is 30.3 Å². The van der Waals surface area contributed by atoms with Crippen LogP contribution in [-0.4, -0.2) is 6.36 Å². The molecule has 3 aromatic rings. The maximum absolute atomic E-state index is 14.4. The highest BCUT2D eigenvalue weighted by molar-refractivity contribution is 8.03. The van der Waals surface area contributed by atoms with Gasteiger partial charge in [0.2, 0.25) is 0 Å². The van der Waals surface area contributed by atoms with Gasteiger partial charge in [0, 0.05) is 5.56 Å². The van der Waals surface area contributed by atoms with Crippen molar-refractivity contribution in [3.8, 4) is 34.1 Å². The molecule has 0 unspecified atom stereocenters. The minimum atomic E-state index is -4.81. The first-order valence-electron chi connectivity index (χ1n) is 8.39. The number of rotatable bonds is 3. The second kappa shape index (κ2) is 9.07. The van der Waals surface area contributed by atoms with E-state index in [-0.39, 0.29) is 16.7 Å². The Hall–Kier alpha value is -3.56. The average molecular weight is 449 g/mol. The molecule has 0 aliphatic rings. The van der Waals surface area contributed by atoms with Crippen LogP contribution in [-0.2, 0) is 0 Å². The van der Waals surface area contributed by atoms with Crippen molar-refractivity contribution in [3.63, 3.8) is 0 Å². The number of alkyl halides is 3. The number of benzene rings is 3. The summed E-state index contributed by atoms with van der Waals surface area (Å²) >= 11 is 0.346. The summed E-state index contributed by atoms with van der Waals surface area (Å²) in [5, 5.41) is 10.2. The maximum Gasteiger partial charge on any atom is 0.573 e. The predicted molar refractivity (Wildman–Crippen MR) is 102 cm³/mol. The minimum Gasteiger partial charge on any atom is -0.406 e. The second-order valence-corrected chi connectivity index (χ2v) is 6.77. The van der Waals surface area contributed by atoms with E-state index in [0.29, 0.717) is 17.3 Å². The number of hydrogen-bond acceptors (Lipinski definition) is 3. The lowest BCUT2D eigenvalue weighted by molar-refractivity contribution is -0.274. The Bertz CT molecular complexity index is 1200. The maximum atomic E-state index is 14.4.